The van der Waals surface area contributed by atoms with Crippen molar-refractivity contribution in [3.05, 3.63) is 44.6 Å². The van der Waals surface area contributed by atoms with Crippen LogP contribution in [-0.4, -0.2) is 66.2 Å². The number of nitrogens with zero attached hydrogens (tertiary/aromatic N) is 1. The molecular weight excluding hydrogens is 574 g/mol. The summed E-state index contributed by atoms with van der Waals surface area (Å²) < 4.78 is 39.2. The van der Waals surface area contributed by atoms with Crippen LogP contribution < -0.4 is 10.2 Å². The van der Waals surface area contributed by atoms with Gasteiger partial charge in [-0.1, -0.05) is 0 Å². The second-order valence-electron chi connectivity index (χ2n) is 9.46. The average molecular weight is 604 g/mol. The first kappa shape index (κ1) is 30.7. The average Bonchev–Trinajstić information content (AvgIpc) is 3.31. The third-order valence-corrected chi connectivity index (χ3v) is 6.89. The lowest BCUT2D eigenvalue weighted by Gasteiger charge is -2.43. The number of carbonyl (C=O) groups excluding carboxylic acids is 4. The van der Waals surface area contributed by atoms with Gasteiger partial charge in [0.2, 0.25) is 17.8 Å². The summed E-state index contributed by atoms with van der Waals surface area (Å²) >= 11 is 1.41. The normalized spacial score (nSPS) is 21.8. The van der Waals surface area contributed by atoms with Crippen molar-refractivity contribution < 1.29 is 52.0 Å². The van der Waals surface area contributed by atoms with E-state index in [-0.39, 0.29) is 22.1 Å². The lowest BCUT2D eigenvalue weighted by atomic mass is 9.98. The minimum Gasteiger partial charge on any atom is -0.463 e. The van der Waals surface area contributed by atoms with Crippen LogP contribution in [0.3, 0.4) is 0 Å². The van der Waals surface area contributed by atoms with Crippen LogP contribution in [0.5, 0.6) is 5.75 Å². The van der Waals surface area contributed by atoms with Crippen molar-refractivity contribution in [2.45, 2.75) is 72.2 Å². The van der Waals surface area contributed by atoms with E-state index in [2.05, 4.69) is 4.98 Å². The minimum atomic E-state index is -1.44. The molecule has 0 bridgehead atoms. The Morgan fingerprint density at radius 3 is 2.14 bits per heavy atom. The van der Waals surface area contributed by atoms with Crippen molar-refractivity contribution in [3.8, 4) is 17.0 Å². The number of fused-ring (bicyclic) bond motifs is 1. The molecule has 0 spiro atoms. The van der Waals surface area contributed by atoms with E-state index in [0.29, 0.717) is 17.0 Å². The largest absolute Gasteiger partial charge is 0.463 e. The molecule has 1 aliphatic heterocycles. The van der Waals surface area contributed by atoms with Gasteiger partial charge in [-0.15, -0.1) is 11.3 Å². The van der Waals surface area contributed by atoms with Gasteiger partial charge in [-0.2, -0.15) is 0 Å². The van der Waals surface area contributed by atoms with Gasteiger partial charge in [0.1, 0.15) is 29.8 Å². The molecule has 5 unspecified atom stereocenters. The number of hydrogen-bond acceptors (Lipinski definition) is 14. The number of aromatic nitrogens is 1. The molecule has 3 heterocycles. The zero-order valence-electron chi connectivity index (χ0n) is 23.7. The number of benzene rings is 1. The zero-order valence-corrected chi connectivity index (χ0v) is 24.5. The topological polar surface area (TPSA) is 167 Å². The number of hydrogen-bond donors (Lipinski definition) is 0. The predicted molar refractivity (Wildman–Crippen MR) is 146 cm³/mol. The van der Waals surface area contributed by atoms with E-state index in [1.807, 2.05) is 6.92 Å². The van der Waals surface area contributed by atoms with Gasteiger partial charge in [0, 0.05) is 39.1 Å². The lowest BCUT2D eigenvalue weighted by molar-refractivity contribution is -0.288. The Morgan fingerprint density at radius 1 is 0.905 bits per heavy atom. The molecule has 14 heteroatoms. The molecule has 1 aromatic carbocycles. The van der Waals surface area contributed by atoms with Crippen molar-refractivity contribution in [2.75, 3.05) is 6.61 Å². The molecule has 1 fully saturated rings. The minimum absolute atomic E-state index is 0.142. The second kappa shape index (κ2) is 12.7. The smallest absolute Gasteiger partial charge is 0.303 e. The molecule has 0 radical (unpaired) electrons. The van der Waals surface area contributed by atoms with E-state index in [1.54, 1.807) is 12.3 Å². The molecule has 224 valence electrons. The predicted octanol–water partition coefficient (Wildman–Crippen LogP) is 3.00. The van der Waals surface area contributed by atoms with Crippen LogP contribution in [0.1, 0.15) is 38.5 Å². The quantitative estimate of drug-likeness (QED) is 0.273. The summed E-state index contributed by atoms with van der Waals surface area (Å²) in [6, 6.07) is 4.44. The standard InChI is InChI=1S/C28H29NO12S/c1-12-23(20-11-42-13(2)29-20)24(34)19-8-7-18(9-21(19)36-12)40-28-27(39-17(6)33)26(38-16(5)32)25(37-15(4)31)22(41-28)10-35-14(3)30/h7-9,11,22,25-28H,10H2,1-6H3. The van der Waals surface area contributed by atoms with E-state index in [1.165, 1.54) is 36.5 Å². The summed E-state index contributed by atoms with van der Waals surface area (Å²) in [4.78, 5) is 65.3. The molecule has 4 rings (SSSR count). The van der Waals surface area contributed by atoms with Gasteiger partial charge < -0.3 is 32.8 Å². The Morgan fingerprint density at radius 2 is 1.55 bits per heavy atom. The molecule has 0 amide bonds. The van der Waals surface area contributed by atoms with E-state index >= 15 is 0 Å². The van der Waals surface area contributed by atoms with Gasteiger partial charge in [0.15, 0.2) is 12.2 Å². The fourth-order valence-electron chi connectivity index (χ4n) is 4.55. The number of carbonyl (C=O) groups is 4. The van der Waals surface area contributed by atoms with Crippen molar-refractivity contribution in [1.82, 2.24) is 4.98 Å². The molecule has 13 nitrogen and oxygen atoms in total. The summed E-state index contributed by atoms with van der Waals surface area (Å²) in [6.45, 7) is 7.64. The number of esters is 4. The Labute approximate surface area is 243 Å². The van der Waals surface area contributed by atoms with Gasteiger partial charge >= 0.3 is 23.9 Å². The van der Waals surface area contributed by atoms with E-state index in [9.17, 15) is 24.0 Å². The fourth-order valence-corrected chi connectivity index (χ4v) is 5.15. The van der Waals surface area contributed by atoms with Gasteiger partial charge in [-0.3, -0.25) is 24.0 Å². The van der Waals surface area contributed by atoms with Crippen LogP contribution in [0.15, 0.2) is 32.8 Å². The Bertz CT molecular complexity index is 1580. The van der Waals surface area contributed by atoms with Gasteiger partial charge in [-0.25, -0.2) is 4.98 Å². The highest BCUT2D eigenvalue weighted by Gasteiger charge is 2.53. The summed E-state index contributed by atoms with van der Waals surface area (Å²) in [5.74, 6) is -2.43. The number of ether oxygens (including phenoxy) is 6. The van der Waals surface area contributed by atoms with Crippen LogP contribution in [0.25, 0.3) is 22.2 Å². The lowest BCUT2D eigenvalue weighted by Crippen LogP contribution is -2.63. The maximum atomic E-state index is 13.3. The molecule has 0 aliphatic carbocycles. The molecule has 42 heavy (non-hydrogen) atoms. The number of thiazole rings is 1. The van der Waals surface area contributed by atoms with E-state index in [0.717, 1.165) is 25.8 Å². The summed E-state index contributed by atoms with van der Waals surface area (Å²) in [6.07, 6.45) is -6.74. The summed E-state index contributed by atoms with van der Waals surface area (Å²) in [7, 11) is 0. The SMILES string of the molecule is CC(=O)OCC1OC(Oc2ccc3c(=O)c(-c4csc(C)n4)c(C)oc3c2)C(OC(C)=O)C(OC(C)=O)C1OC(C)=O. The first-order valence-electron chi connectivity index (χ1n) is 12.8. The molecule has 0 saturated carbocycles. The highest BCUT2D eigenvalue weighted by Crippen LogP contribution is 2.32. The van der Waals surface area contributed by atoms with E-state index < -0.39 is 61.2 Å². The molecule has 1 aliphatic rings. The molecule has 5 atom stereocenters. The van der Waals surface area contributed by atoms with E-state index in [4.69, 9.17) is 32.8 Å². The molecular formula is C28H29NO12S. The van der Waals surface area contributed by atoms with Gasteiger partial charge in [-0.05, 0) is 26.0 Å². The van der Waals surface area contributed by atoms with Crippen LogP contribution in [0.2, 0.25) is 0 Å². The van der Waals surface area contributed by atoms with Crippen molar-refractivity contribution in [1.29, 1.82) is 0 Å². The maximum absolute atomic E-state index is 13.3. The first-order valence-corrected chi connectivity index (χ1v) is 13.7. The van der Waals surface area contributed by atoms with Crippen LogP contribution in [-0.2, 0) is 42.9 Å². The monoisotopic (exact) mass is 603 g/mol. The van der Waals surface area contributed by atoms with Crippen LogP contribution >= 0.6 is 11.3 Å². The third-order valence-electron chi connectivity index (χ3n) is 6.12. The highest BCUT2D eigenvalue weighted by atomic mass is 32.1. The highest BCUT2D eigenvalue weighted by molar-refractivity contribution is 7.09. The molecule has 2 aromatic heterocycles. The number of rotatable bonds is 8. The van der Waals surface area contributed by atoms with Gasteiger partial charge in [0.25, 0.3) is 0 Å². The Balaban J connectivity index is 1.73. The Kier molecular flexibility index (Phi) is 9.27. The molecule has 1 saturated heterocycles. The second-order valence-corrected chi connectivity index (χ2v) is 10.5. The molecule has 0 N–H and O–H groups in total. The zero-order chi connectivity index (χ0) is 30.7. The molecule has 3 aromatic rings. The summed E-state index contributed by atoms with van der Waals surface area (Å²) in [5, 5.41) is 2.86. The van der Waals surface area contributed by atoms with Gasteiger partial charge in [0.05, 0.1) is 21.7 Å². The Hall–Kier alpha value is -4.30. The third kappa shape index (κ3) is 6.94. The van der Waals surface area contributed by atoms with Crippen LogP contribution in [0, 0.1) is 13.8 Å². The number of aryl methyl sites for hydroxylation is 2. The summed E-state index contributed by atoms with van der Waals surface area (Å²) in [5.41, 5.74) is 0.790. The van der Waals surface area contributed by atoms with Crippen LogP contribution in [0.4, 0.5) is 0 Å². The maximum Gasteiger partial charge on any atom is 0.303 e. The fraction of sp³-hybridized carbons (Fsp3) is 0.429. The van der Waals surface area contributed by atoms with Crippen molar-refractivity contribution >= 4 is 46.2 Å². The first-order chi connectivity index (χ1) is 19.8. The van der Waals surface area contributed by atoms with Crippen molar-refractivity contribution in [2.24, 2.45) is 0 Å². The van der Waals surface area contributed by atoms with Crippen molar-refractivity contribution in [3.63, 3.8) is 0 Å².